The lowest BCUT2D eigenvalue weighted by atomic mass is 10.0. The third kappa shape index (κ3) is 2.47. The molecule has 2 aromatic rings. The van der Waals surface area contributed by atoms with Gasteiger partial charge in [0.25, 0.3) is 0 Å². The van der Waals surface area contributed by atoms with Gasteiger partial charge in [0.2, 0.25) is 0 Å². The van der Waals surface area contributed by atoms with Crippen LogP contribution in [0.3, 0.4) is 0 Å². The van der Waals surface area contributed by atoms with Gasteiger partial charge >= 0.3 is 0 Å². The predicted octanol–water partition coefficient (Wildman–Crippen LogP) is 4.16. The van der Waals surface area contributed by atoms with E-state index >= 15 is 0 Å². The van der Waals surface area contributed by atoms with Gasteiger partial charge in [-0.3, -0.25) is 0 Å². The van der Waals surface area contributed by atoms with Gasteiger partial charge in [-0.25, -0.2) is 4.39 Å². The topological polar surface area (TPSA) is 9.23 Å². The van der Waals surface area contributed by atoms with Crippen LogP contribution < -0.4 is 4.74 Å². The molecule has 0 bridgehead atoms. The number of hydrogen-bond donors (Lipinski definition) is 0. The van der Waals surface area contributed by atoms with Crippen molar-refractivity contribution < 1.29 is 9.13 Å². The van der Waals surface area contributed by atoms with Crippen LogP contribution in [0.15, 0.2) is 42.5 Å². The normalized spacial score (nSPS) is 9.83. The largest absolute Gasteiger partial charge is 0.480 e. The molecule has 2 rings (SSSR count). The van der Waals surface area contributed by atoms with Crippen LogP contribution >= 0.6 is 11.6 Å². The van der Waals surface area contributed by atoms with E-state index in [1.807, 2.05) is 18.2 Å². The van der Waals surface area contributed by atoms with Crippen molar-refractivity contribution in [3.63, 3.8) is 0 Å². The van der Waals surface area contributed by atoms with Crippen LogP contribution in [0.2, 0.25) is 5.02 Å². The molecule has 18 heavy (non-hydrogen) atoms. The number of halogens is 2. The lowest BCUT2D eigenvalue weighted by Gasteiger charge is -2.11. The molecule has 2 aromatic carbocycles. The van der Waals surface area contributed by atoms with Crippen molar-refractivity contribution in [1.29, 1.82) is 0 Å². The fourth-order valence-corrected chi connectivity index (χ4v) is 1.87. The standard InChI is InChI=1S/C15H10ClFO/c1-2-10-18-14-9-4-3-6-11(14)12-7-5-8-13(17)15(12)16/h1,3-9H,10H2. The maximum Gasteiger partial charge on any atom is 0.148 e. The SMILES string of the molecule is C#CCOc1ccccc1-c1cccc(F)c1Cl. The number of terminal acetylenes is 1. The van der Waals surface area contributed by atoms with Crippen molar-refractivity contribution in [3.05, 3.63) is 53.3 Å². The highest BCUT2D eigenvalue weighted by atomic mass is 35.5. The minimum Gasteiger partial charge on any atom is -0.480 e. The molecule has 0 amide bonds. The fraction of sp³-hybridized carbons (Fsp3) is 0.0667. The summed E-state index contributed by atoms with van der Waals surface area (Å²) in [6.45, 7) is 0.157. The summed E-state index contributed by atoms with van der Waals surface area (Å²) in [6.07, 6.45) is 5.16. The van der Waals surface area contributed by atoms with Crippen LogP contribution in [0.5, 0.6) is 5.75 Å². The van der Waals surface area contributed by atoms with E-state index in [9.17, 15) is 4.39 Å². The van der Waals surface area contributed by atoms with Crippen molar-refractivity contribution in [1.82, 2.24) is 0 Å². The second-order valence-corrected chi connectivity index (χ2v) is 3.97. The first-order chi connectivity index (χ1) is 8.74. The van der Waals surface area contributed by atoms with Crippen molar-refractivity contribution in [2.75, 3.05) is 6.61 Å². The first kappa shape index (κ1) is 12.5. The number of hydrogen-bond acceptors (Lipinski definition) is 1. The molecule has 0 spiro atoms. The molecule has 0 aliphatic rings. The number of rotatable bonds is 3. The summed E-state index contributed by atoms with van der Waals surface area (Å²) >= 11 is 5.96. The summed E-state index contributed by atoms with van der Waals surface area (Å²) in [6, 6.07) is 11.9. The molecule has 90 valence electrons. The van der Waals surface area contributed by atoms with Crippen LogP contribution in [0, 0.1) is 18.2 Å². The van der Waals surface area contributed by atoms with Gasteiger partial charge in [0.1, 0.15) is 18.2 Å². The van der Waals surface area contributed by atoms with E-state index in [-0.39, 0.29) is 11.6 Å². The van der Waals surface area contributed by atoms with Gasteiger partial charge in [-0.05, 0) is 12.1 Å². The van der Waals surface area contributed by atoms with E-state index in [2.05, 4.69) is 5.92 Å². The Morgan fingerprint density at radius 3 is 2.61 bits per heavy atom. The molecule has 0 radical (unpaired) electrons. The van der Waals surface area contributed by atoms with E-state index in [4.69, 9.17) is 22.8 Å². The van der Waals surface area contributed by atoms with Gasteiger partial charge in [0.15, 0.2) is 0 Å². The zero-order valence-corrected chi connectivity index (χ0v) is 10.2. The van der Waals surface area contributed by atoms with Crippen molar-refractivity contribution >= 4 is 11.6 Å². The van der Waals surface area contributed by atoms with Crippen molar-refractivity contribution in [2.45, 2.75) is 0 Å². The lowest BCUT2D eigenvalue weighted by molar-refractivity contribution is 0.372. The molecular formula is C15H10ClFO. The number of para-hydroxylation sites is 1. The second kappa shape index (κ2) is 5.57. The summed E-state index contributed by atoms with van der Waals surface area (Å²) in [5, 5.41) is 0.0780. The van der Waals surface area contributed by atoms with E-state index in [0.717, 1.165) is 5.56 Å². The molecule has 3 heteroatoms. The minimum absolute atomic E-state index is 0.0780. The molecule has 0 aromatic heterocycles. The molecule has 0 aliphatic carbocycles. The third-order valence-electron chi connectivity index (χ3n) is 2.44. The summed E-state index contributed by atoms with van der Waals surface area (Å²) in [7, 11) is 0. The Morgan fingerprint density at radius 2 is 1.83 bits per heavy atom. The monoisotopic (exact) mass is 260 g/mol. The van der Waals surface area contributed by atoms with Gasteiger partial charge in [-0.2, -0.15) is 0 Å². The summed E-state index contributed by atoms with van der Waals surface area (Å²) in [4.78, 5) is 0. The zero-order chi connectivity index (χ0) is 13.0. The highest BCUT2D eigenvalue weighted by molar-refractivity contribution is 6.33. The highest BCUT2D eigenvalue weighted by Gasteiger charge is 2.11. The Balaban J connectivity index is 2.50. The molecule has 0 saturated heterocycles. The van der Waals surface area contributed by atoms with Gasteiger partial charge in [0, 0.05) is 11.1 Å². The minimum atomic E-state index is -0.457. The van der Waals surface area contributed by atoms with Crippen LogP contribution in [0.1, 0.15) is 0 Å². The van der Waals surface area contributed by atoms with E-state index < -0.39 is 5.82 Å². The maximum absolute atomic E-state index is 13.4. The second-order valence-electron chi connectivity index (χ2n) is 3.59. The van der Waals surface area contributed by atoms with Crippen LogP contribution in [-0.4, -0.2) is 6.61 Å². The Morgan fingerprint density at radius 1 is 1.11 bits per heavy atom. The molecule has 0 atom stereocenters. The molecule has 0 N–H and O–H groups in total. The van der Waals surface area contributed by atoms with Crippen molar-refractivity contribution in [3.8, 4) is 29.2 Å². The van der Waals surface area contributed by atoms with Crippen LogP contribution in [-0.2, 0) is 0 Å². The van der Waals surface area contributed by atoms with Crippen molar-refractivity contribution in [2.24, 2.45) is 0 Å². The Labute approximate surface area is 110 Å². The number of benzene rings is 2. The Hall–Kier alpha value is -1.98. The first-order valence-electron chi connectivity index (χ1n) is 5.33. The van der Waals surface area contributed by atoms with Gasteiger partial charge in [0.05, 0.1) is 5.02 Å². The van der Waals surface area contributed by atoms with Gasteiger partial charge in [-0.1, -0.05) is 47.9 Å². The average Bonchev–Trinajstić information content (AvgIpc) is 2.40. The van der Waals surface area contributed by atoms with E-state index in [1.54, 1.807) is 18.2 Å². The maximum atomic E-state index is 13.4. The molecule has 1 nitrogen and oxygen atoms in total. The van der Waals surface area contributed by atoms with Gasteiger partial charge in [-0.15, -0.1) is 6.42 Å². The first-order valence-corrected chi connectivity index (χ1v) is 5.71. The Bertz CT molecular complexity index is 602. The molecule has 0 aliphatic heterocycles. The molecule has 0 fully saturated rings. The molecule has 0 heterocycles. The summed E-state index contributed by atoms with van der Waals surface area (Å²) < 4.78 is 18.9. The summed E-state index contributed by atoms with van der Waals surface area (Å²) in [5.41, 5.74) is 1.31. The van der Waals surface area contributed by atoms with Crippen LogP contribution in [0.4, 0.5) is 4.39 Å². The molecule has 0 saturated carbocycles. The fourth-order valence-electron chi connectivity index (χ4n) is 1.65. The van der Waals surface area contributed by atoms with Crippen LogP contribution in [0.25, 0.3) is 11.1 Å². The smallest absolute Gasteiger partial charge is 0.148 e. The summed E-state index contributed by atoms with van der Waals surface area (Å²) in [5.74, 6) is 2.52. The molecular weight excluding hydrogens is 251 g/mol. The highest BCUT2D eigenvalue weighted by Crippen LogP contribution is 2.35. The molecule has 0 unspecified atom stereocenters. The lowest BCUT2D eigenvalue weighted by Crippen LogP contribution is -1.96. The van der Waals surface area contributed by atoms with E-state index in [1.165, 1.54) is 6.07 Å². The van der Waals surface area contributed by atoms with E-state index in [0.29, 0.717) is 11.3 Å². The Kier molecular flexibility index (Phi) is 3.86. The third-order valence-corrected chi connectivity index (χ3v) is 2.82. The van der Waals surface area contributed by atoms with Gasteiger partial charge < -0.3 is 4.74 Å². The zero-order valence-electron chi connectivity index (χ0n) is 9.49. The predicted molar refractivity (Wildman–Crippen MR) is 71.2 cm³/mol. The average molecular weight is 261 g/mol. The quantitative estimate of drug-likeness (QED) is 0.753. The number of ether oxygens (including phenoxy) is 1.